The van der Waals surface area contributed by atoms with Crippen molar-refractivity contribution in [3.05, 3.63) is 34.3 Å². The summed E-state index contributed by atoms with van der Waals surface area (Å²) in [5, 5.41) is 10.7. The van der Waals surface area contributed by atoms with Crippen LogP contribution in [0.15, 0.2) is 23.4 Å². The van der Waals surface area contributed by atoms with E-state index in [1.807, 2.05) is 0 Å². The van der Waals surface area contributed by atoms with Crippen LogP contribution in [-0.2, 0) is 5.92 Å². The van der Waals surface area contributed by atoms with Gasteiger partial charge >= 0.3 is 5.92 Å². The summed E-state index contributed by atoms with van der Waals surface area (Å²) in [4.78, 5) is 0. The zero-order valence-corrected chi connectivity index (χ0v) is 8.59. The quantitative estimate of drug-likeness (QED) is 0.357. The van der Waals surface area contributed by atoms with Gasteiger partial charge in [0.15, 0.2) is 0 Å². The number of benzene rings is 1. The Bertz CT molecular complexity index is 407. The van der Waals surface area contributed by atoms with Crippen LogP contribution >= 0.6 is 11.6 Å². The van der Waals surface area contributed by atoms with Gasteiger partial charge in [-0.1, -0.05) is 28.9 Å². The SMILES string of the molecule is Cc1ccc(C(F)(F)C(N)=NO)cc1Cl. The van der Waals surface area contributed by atoms with E-state index >= 15 is 0 Å². The predicted molar refractivity (Wildman–Crippen MR) is 53.5 cm³/mol. The minimum atomic E-state index is -3.52. The van der Waals surface area contributed by atoms with Crippen molar-refractivity contribution in [2.24, 2.45) is 10.9 Å². The van der Waals surface area contributed by atoms with E-state index in [9.17, 15) is 8.78 Å². The van der Waals surface area contributed by atoms with Crippen LogP contribution < -0.4 is 5.73 Å². The molecule has 0 saturated carbocycles. The Morgan fingerprint density at radius 1 is 1.53 bits per heavy atom. The van der Waals surface area contributed by atoms with E-state index in [1.54, 1.807) is 6.92 Å². The maximum Gasteiger partial charge on any atom is 0.332 e. The number of nitrogens with two attached hydrogens (primary N) is 1. The van der Waals surface area contributed by atoms with Gasteiger partial charge in [0, 0.05) is 10.6 Å². The van der Waals surface area contributed by atoms with Crippen LogP contribution in [0.2, 0.25) is 5.02 Å². The third kappa shape index (κ3) is 2.18. The Labute approximate surface area is 90.1 Å². The number of amidine groups is 1. The first-order valence-corrected chi connectivity index (χ1v) is 4.40. The average Bonchev–Trinajstić information content (AvgIpc) is 2.20. The number of hydrogen-bond donors (Lipinski definition) is 2. The Morgan fingerprint density at radius 2 is 2.13 bits per heavy atom. The molecule has 0 aromatic heterocycles. The second-order valence-electron chi connectivity index (χ2n) is 3.02. The summed E-state index contributed by atoms with van der Waals surface area (Å²) < 4.78 is 26.8. The maximum absolute atomic E-state index is 13.4. The Kier molecular flexibility index (Phi) is 3.14. The van der Waals surface area contributed by atoms with Crippen LogP contribution in [0.4, 0.5) is 8.78 Å². The van der Waals surface area contributed by atoms with Gasteiger partial charge < -0.3 is 10.9 Å². The largest absolute Gasteiger partial charge is 0.409 e. The van der Waals surface area contributed by atoms with Crippen LogP contribution in [0.5, 0.6) is 0 Å². The van der Waals surface area contributed by atoms with Gasteiger partial charge in [-0.25, -0.2) is 0 Å². The maximum atomic E-state index is 13.4. The molecule has 3 N–H and O–H groups in total. The van der Waals surface area contributed by atoms with Crippen molar-refractivity contribution in [1.29, 1.82) is 0 Å². The number of aryl methyl sites for hydroxylation is 1. The van der Waals surface area contributed by atoms with Gasteiger partial charge in [-0.3, -0.25) is 0 Å². The average molecular weight is 235 g/mol. The van der Waals surface area contributed by atoms with Crippen LogP contribution in [0.1, 0.15) is 11.1 Å². The van der Waals surface area contributed by atoms with Crippen molar-refractivity contribution in [2.75, 3.05) is 0 Å². The molecule has 0 bridgehead atoms. The summed E-state index contributed by atoms with van der Waals surface area (Å²) in [5.74, 6) is -4.69. The summed E-state index contributed by atoms with van der Waals surface area (Å²) in [6, 6.07) is 3.71. The minimum Gasteiger partial charge on any atom is -0.409 e. The van der Waals surface area contributed by atoms with Gasteiger partial charge in [0.1, 0.15) is 0 Å². The van der Waals surface area contributed by atoms with Gasteiger partial charge in [-0.05, 0) is 18.6 Å². The van der Waals surface area contributed by atoms with E-state index in [2.05, 4.69) is 5.16 Å². The fraction of sp³-hybridized carbons (Fsp3) is 0.222. The molecule has 0 fully saturated rings. The van der Waals surface area contributed by atoms with Crippen molar-refractivity contribution in [2.45, 2.75) is 12.8 Å². The molecule has 0 atom stereocenters. The highest BCUT2D eigenvalue weighted by Crippen LogP contribution is 2.30. The van der Waals surface area contributed by atoms with Gasteiger partial charge in [-0.2, -0.15) is 8.78 Å². The third-order valence-electron chi connectivity index (χ3n) is 1.96. The number of halogens is 3. The van der Waals surface area contributed by atoms with Crippen molar-refractivity contribution >= 4 is 17.4 Å². The van der Waals surface area contributed by atoms with E-state index in [0.29, 0.717) is 5.56 Å². The molecule has 1 aromatic carbocycles. The van der Waals surface area contributed by atoms with E-state index in [0.717, 1.165) is 6.07 Å². The first kappa shape index (κ1) is 11.7. The van der Waals surface area contributed by atoms with Crippen molar-refractivity contribution < 1.29 is 14.0 Å². The Morgan fingerprint density at radius 3 is 2.60 bits per heavy atom. The molecule has 0 aliphatic carbocycles. The molecule has 0 heterocycles. The standard InChI is InChI=1S/C9H9ClF2N2O/c1-5-2-3-6(4-7(5)10)9(11,12)8(13)14-15/h2-4,15H,1H3,(H2,13,14). The molecule has 1 aromatic rings. The Balaban J connectivity index is 3.22. The molecule has 0 aliphatic rings. The lowest BCUT2D eigenvalue weighted by Crippen LogP contribution is -2.33. The van der Waals surface area contributed by atoms with E-state index in [-0.39, 0.29) is 5.02 Å². The van der Waals surface area contributed by atoms with Crippen LogP contribution in [0.3, 0.4) is 0 Å². The molecule has 6 heteroatoms. The second kappa shape index (κ2) is 4.02. The van der Waals surface area contributed by atoms with Crippen LogP contribution in [0.25, 0.3) is 0 Å². The molecule has 15 heavy (non-hydrogen) atoms. The fourth-order valence-electron chi connectivity index (χ4n) is 0.999. The smallest absolute Gasteiger partial charge is 0.332 e. The molecule has 82 valence electrons. The number of rotatable bonds is 2. The summed E-state index contributed by atoms with van der Waals surface area (Å²) in [6.45, 7) is 1.69. The normalized spacial score (nSPS) is 12.9. The topological polar surface area (TPSA) is 58.6 Å². The van der Waals surface area contributed by atoms with Gasteiger partial charge in [0.25, 0.3) is 0 Å². The summed E-state index contributed by atoms with van der Waals surface area (Å²) in [7, 11) is 0. The van der Waals surface area contributed by atoms with Crippen molar-refractivity contribution in [1.82, 2.24) is 0 Å². The minimum absolute atomic E-state index is 0.206. The highest BCUT2D eigenvalue weighted by Gasteiger charge is 2.37. The highest BCUT2D eigenvalue weighted by molar-refractivity contribution is 6.31. The summed E-state index contributed by atoms with van der Waals surface area (Å²) in [6.07, 6.45) is 0. The molecule has 0 saturated heterocycles. The van der Waals surface area contributed by atoms with Gasteiger partial charge in [-0.15, -0.1) is 0 Å². The monoisotopic (exact) mass is 234 g/mol. The predicted octanol–water partition coefficient (Wildman–Crippen LogP) is 2.49. The zero-order chi connectivity index (χ0) is 11.6. The molecular formula is C9H9ClF2N2O. The van der Waals surface area contributed by atoms with Gasteiger partial charge in [0.05, 0.1) is 0 Å². The molecular weight excluding hydrogens is 226 g/mol. The number of nitrogens with zero attached hydrogens (tertiary/aromatic N) is 1. The van der Waals surface area contributed by atoms with E-state index in [1.165, 1.54) is 12.1 Å². The lowest BCUT2D eigenvalue weighted by atomic mass is 10.1. The molecule has 0 amide bonds. The van der Waals surface area contributed by atoms with E-state index < -0.39 is 17.3 Å². The third-order valence-corrected chi connectivity index (χ3v) is 2.37. The molecule has 0 spiro atoms. The van der Waals surface area contributed by atoms with Gasteiger partial charge in [0.2, 0.25) is 5.84 Å². The number of hydrogen-bond acceptors (Lipinski definition) is 2. The molecule has 1 rings (SSSR count). The van der Waals surface area contributed by atoms with Crippen LogP contribution in [0, 0.1) is 6.92 Å². The zero-order valence-electron chi connectivity index (χ0n) is 7.84. The Hall–Kier alpha value is -1.36. The lowest BCUT2D eigenvalue weighted by molar-refractivity contribution is 0.0699. The van der Waals surface area contributed by atoms with E-state index in [4.69, 9.17) is 22.5 Å². The fourth-order valence-corrected chi connectivity index (χ4v) is 1.18. The first-order valence-electron chi connectivity index (χ1n) is 4.02. The molecule has 0 aliphatic heterocycles. The molecule has 3 nitrogen and oxygen atoms in total. The van der Waals surface area contributed by atoms with Crippen molar-refractivity contribution in [3.8, 4) is 0 Å². The second-order valence-corrected chi connectivity index (χ2v) is 3.43. The molecule has 0 unspecified atom stereocenters. The summed E-state index contributed by atoms with van der Waals surface area (Å²) >= 11 is 5.69. The van der Waals surface area contributed by atoms with Crippen molar-refractivity contribution in [3.63, 3.8) is 0 Å². The number of oxime groups is 1. The summed E-state index contributed by atoms with van der Waals surface area (Å²) in [5.41, 5.74) is 5.15. The van der Waals surface area contributed by atoms with Crippen LogP contribution in [-0.4, -0.2) is 11.0 Å². The number of alkyl halides is 2. The highest BCUT2D eigenvalue weighted by atomic mass is 35.5. The first-order chi connectivity index (χ1) is 6.89. The molecule has 0 radical (unpaired) electrons. The lowest BCUT2D eigenvalue weighted by Gasteiger charge is -2.15.